The van der Waals surface area contributed by atoms with E-state index in [1.807, 2.05) is 0 Å². The highest BCUT2D eigenvalue weighted by Gasteiger charge is 2.08. The Hall–Kier alpha value is -1.89. The average Bonchev–Trinajstić information content (AvgIpc) is 2.17. The summed E-state index contributed by atoms with van der Waals surface area (Å²) < 4.78 is 17.7. The van der Waals surface area contributed by atoms with Gasteiger partial charge in [-0.3, -0.25) is 4.79 Å². The van der Waals surface area contributed by atoms with Crippen molar-refractivity contribution in [1.29, 1.82) is 5.26 Å². The second-order valence-electron chi connectivity index (χ2n) is 2.30. The fourth-order valence-electron chi connectivity index (χ4n) is 0.926. The van der Waals surface area contributed by atoms with E-state index in [0.29, 0.717) is 6.29 Å². The molecule has 0 unspecified atom stereocenters. The third-order valence-corrected chi connectivity index (χ3v) is 1.57. The largest absolute Gasteiger partial charge is 0.496 e. The fraction of sp³-hybridized carbons (Fsp3) is 0.111. The van der Waals surface area contributed by atoms with E-state index in [2.05, 4.69) is 0 Å². The van der Waals surface area contributed by atoms with Gasteiger partial charge in [-0.2, -0.15) is 5.26 Å². The third kappa shape index (κ3) is 1.64. The molecule has 13 heavy (non-hydrogen) atoms. The number of ether oxygens (including phenoxy) is 1. The first kappa shape index (κ1) is 9.20. The van der Waals surface area contributed by atoms with E-state index in [9.17, 15) is 9.18 Å². The van der Waals surface area contributed by atoms with Crippen LogP contribution in [0.5, 0.6) is 5.75 Å². The second kappa shape index (κ2) is 3.68. The molecule has 0 fully saturated rings. The topological polar surface area (TPSA) is 50.1 Å². The molecule has 0 radical (unpaired) electrons. The number of carbonyl (C=O) groups excluding carboxylic acids is 1. The first-order valence-electron chi connectivity index (χ1n) is 3.45. The van der Waals surface area contributed by atoms with Gasteiger partial charge >= 0.3 is 0 Å². The molecule has 0 spiro atoms. The van der Waals surface area contributed by atoms with Crippen molar-refractivity contribution in [3.05, 3.63) is 29.1 Å². The number of aldehydes is 1. The molecule has 0 amide bonds. The predicted molar refractivity (Wildman–Crippen MR) is 43.1 cm³/mol. The number of methoxy groups -OCH3 is 1. The van der Waals surface area contributed by atoms with E-state index in [0.717, 1.165) is 12.1 Å². The number of benzene rings is 1. The Morgan fingerprint density at radius 1 is 1.62 bits per heavy atom. The van der Waals surface area contributed by atoms with Gasteiger partial charge in [-0.1, -0.05) is 0 Å². The van der Waals surface area contributed by atoms with Gasteiger partial charge in [0.2, 0.25) is 0 Å². The summed E-state index contributed by atoms with van der Waals surface area (Å²) in [4.78, 5) is 10.5. The van der Waals surface area contributed by atoms with Gasteiger partial charge in [-0.25, -0.2) is 4.39 Å². The Bertz CT molecular complexity index is 382. The SMILES string of the molecule is COc1cc(F)c(C#N)cc1C=O. The van der Waals surface area contributed by atoms with Crippen LogP contribution < -0.4 is 4.74 Å². The Labute approximate surface area is 74.4 Å². The van der Waals surface area contributed by atoms with Crippen LogP contribution in [0.25, 0.3) is 0 Å². The molecular weight excluding hydrogens is 173 g/mol. The molecule has 4 heteroatoms. The van der Waals surface area contributed by atoms with Gasteiger partial charge in [0.25, 0.3) is 0 Å². The summed E-state index contributed by atoms with van der Waals surface area (Å²) in [5, 5.41) is 8.46. The minimum atomic E-state index is -0.690. The fourth-order valence-corrected chi connectivity index (χ4v) is 0.926. The van der Waals surface area contributed by atoms with E-state index in [-0.39, 0.29) is 16.9 Å². The van der Waals surface area contributed by atoms with Crippen molar-refractivity contribution in [2.45, 2.75) is 0 Å². The van der Waals surface area contributed by atoms with Crippen LogP contribution in [0.2, 0.25) is 0 Å². The molecule has 66 valence electrons. The maximum absolute atomic E-state index is 12.9. The smallest absolute Gasteiger partial charge is 0.153 e. The molecule has 0 heterocycles. The van der Waals surface area contributed by atoms with Gasteiger partial charge < -0.3 is 4.74 Å². The normalized spacial score (nSPS) is 9.00. The van der Waals surface area contributed by atoms with Gasteiger partial charge in [-0.05, 0) is 6.07 Å². The van der Waals surface area contributed by atoms with E-state index >= 15 is 0 Å². The number of halogens is 1. The molecule has 1 aromatic rings. The van der Waals surface area contributed by atoms with E-state index in [1.54, 1.807) is 6.07 Å². The molecular formula is C9H6FNO2. The summed E-state index contributed by atoms with van der Waals surface area (Å²) in [7, 11) is 1.33. The summed E-state index contributed by atoms with van der Waals surface area (Å²) in [6.07, 6.45) is 0.513. The standard InChI is InChI=1S/C9H6FNO2/c1-13-9-3-8(10)6(4-11)2-7(9)5-12/h2-3,5H,1H3. The summed E-state index contributed by atoms with van der Waals surface area (Å²) >= 11 is 0. The first-order chi connectivity index (χ1) is 6.22. The number of carbonyl (C=O) groups is 1. The summed E-state index contributed by atoms with van der Waals surface area (Å²) in [6, 6.07) is 3.80. The second-order valence-corrected chi connectivity index (χ2v) is 2.30. The van der Waals surface area contributed by atoms with Crippen molar-refractivity contribution < 1.29 is 13.9 Å². The van der Waals surface area contributed by atoms with Crippen molar-refractivity contribution in [1.82, 2.24) is 0 Å². The minimum absolute atomic E-state index is 0.131. The van der Waals surface area contributed by atoms with Crippen LogP contribution in [-0.4, -0.2) is 13.4 Å². The van der Waals surface area contributed by atoms with Crippen molar-refractivity contribution >= 4 is 6.29 Å². The molecule has 0 atom stereocenters. The number of nitrogens with zero attached hydrogens (tertiary/aromatic N) is 1. The Kier molecular flexibility index (Phi) is 2.60. The quantitative estimate of drug-likeness (QED) is 0.646. The summed E-state index contributed by atoms with van der Waals surface area (Å²) in [6.45, 7) is 0. The van der Waals surface area contributed by atoms with Crippen LogP contribution in [0.3, 0.4) is 0 Å². The Balaban J connectivity index is 3.36. The third-order valence-electron chi connectivity index (χ3n) is 1.57. The van der Waals surface area contributed by atoms with Gasteiger partial charge in [0, 0.05) is 6.07 Å². The molecule has 1 aromatic carbocycles. The molecule has 1 rings (SSSR count). The van der Waals surface area contributed by atoms with Crippen LogP contribution in [0.1, 0.15) is 15.9 Å². The highest BCUT2D eigenvalue weighted by Crippen LogP contribution is 2.20. The lowest BCUT2D eigenvalue weighted by molar-refractivity contribution is 0.112. The lowest BCUT2D eigenvalue weighted by Gasteiger charge is -2.03. The highest BCUT2D eigenvalue weighted by molar-refractivity contribution is 5.80. The van der Waals surface area contributed by atoms with Crippen molar-refractivity contribution in [2.75, 3.05) is 7.11 Å². The highest BCUT2D eigenvalue weighted by atomic mass is 19.1. The zero-order chi connectivity index (χ0) is 9.84. The monoisotopic (exact) mass is 179 g/mol. The number of rotatable bonds is 2. The predicted octanol–water partition coefficient (Wildman–Crippen LogP) is 1.52. The van der Waals surface area contributed by atoms with Gasteiger partial charge in [0.15, 0.2) is 6.29 Å². The van der Waals surface area contributed by atoms with Gasteiger partial charge in [-0.15, -0.1) is 0 Å². The van der Waals surface area contributed by atoms with Crippen LogP contribution in [0, 0.1) is 17.1 Å². The van der Waals surface area contributed by atoms with Crippen LogP contribution in [0.4, 0.5) is 4.39 Å². The van der Waals surface area contributed by atoms with Crippen LogP contribution in [0.15, 0.2) is 12.1 Å². The van der Waals surface area contributed by atoms with Crippen LogP contribution >= 0.6 is 0 Å². The Morgan fingerprint density at radius 2 is 2.31 bits per heavy atom. The number of nitriles is 1. The zero-order valence-corrected chi connectivity index (χ0v) is 6.87. The number of hydrogen-bond acceptors (Lipinski definition) is 3. The molecule has 3 nitrogen and oxygen atoms in total. The van der Waals surface area contributed by atoms with E-state index < -0.39 is 5.82 Å². The molecule has 0 aliphatic heterocycles. The molecule has 0 aromatic heterocycles. The zero-order valence-electron chi connectivity index (χ0n) is 6.87. The minimum Gasteiger partial charge on any atom is -0.496 e. The van der Waals surface area contributed by atoms with E-state index in [1.165, 1.54) is 7.11 Å². The average molecular weight is 179 g/mol. The van der Waals surface area contributed by atoms with Gasteiger partial charge in [0.05, 0.1) is 18.2 Å². The van der Waals surface area contributed by atoms with Crippen molar-refractivity contribution in [3.8, 4) is 11.8 Å². The van der Waals surface area contributed by atoms with Crippen LogP contribution in [-0.2, 0) is 0 Å². The Morgan fingerprint density at radius 3 is 2.77 bits per heavy atom. The lowest BCUT2D eigenvalue weighted by atomic mass is 10.1. The van der Waals surface area contributed by atoms with Crippen molar-refractivity contribution in [3.63, 3.8) is 0 Å². The van der Waals surface area contributed by atoms with Crippen molar-refractivity contribution in [2.24, 2.45) is 0 Å². The number of hydrogen-bond donors (Lipinski definition) is 0. The summed E-state index contributed by atoms with van der Waals surface area (Å²) in [5.41, 5.74) is 0.00310. The molecule has 0 bridgehead atoms. The molecule has 0 N–H and O–H groups in total. The molecule has 0 saturated carbocycles. The maximum Gasteiger partial charge on any atom is 0.153 e. The first-order valence-corrected chi connectivity index (χ1v) is 3.45. The lowest BCUT2D eigenvalue weighted by Crippen LogP contribution is -1.94. The van der Waals surface area contributed by atoms with Gasteiger partial charge in [0.1, 0.15) is 17.6 Å². The van der Waals surface area contributed by atoms with E-state index in [4.69, 9.17) is 10.00 Å². The maximum atomic E-state index is 12.9. The summed E-state index contributed by atoms with van der Waals surface area (Å²) in [5.74, 6) is -0.559. The molecule has 0 saturated heterocycles. The molecule has 0 aliphatic carbocycles. The molecule has 0 aliphatic rings.